The number of thiazole rings is 1. The summed E-state index contributed by atoms with van der Waals surface area (Å²) in [6, 6.07) is 9.15. The molecule has 2 unspecified atom stereocenters. The van der Waals surface area contributed by atoms with Gasteiger partial charge in [-0.15, -0.1) is 11.3 Å². The standard InChI is InChI=1S/C18H25N3O3S2/c1-4-21(14(2)13-26(3,23)24)12-16(22)20-17(18-19-10-11-25-18)15-8-6-5-7-9-15/h5-11,14,17H,4,12-13H2,1-3H3,(H,20,22). The van der Waals surface area contributed by atoms with Crippen molar-refractivity contribution in [3.05, 3.63) is 52.5 Å². The fraction of sp³-hybridized carbons (Fsp3) is 0.444. The number of nitrogens with zero attached hydrogens (tertiary/aromatic N) is 2. The summed E-state index contributed by atoms with van der Waals surface area (Å²) < 4.78 is 23.1. The Morgan fingerprint density at radius 1 is 1.31 bits per heavy atom. The van der Waals surface area contributed by atoms with Crippen molar-refractivity contribution in [3.8, 4) is 0 Å². The summed E-state index contributed by atoms with van der Waals surface area (Å²) in [5.74, 6) is -0.126. The Kier molecular flexibility index (Phi) is 7.31. The molecule has 0 fully saturated rings. The van der Waals surface area contributed by atoms with E-state index in [-0.39, 0.29) is 30.3 Å². The Morgan fingerprint density at radius 2 is 2.00 bits per heavy atom. The molecule has 2 rings (SSSR count). The molecule has 0 aliphatic rings. The van der Waals surface area contributed by atoms with E-state index in [1.165, 1.54) is 17.6 Å². The first-order chi connectivity index (χ1) is 12.3. The average Bonchev–Trinajstić information content (AvgIpc) is 3.11. The highest BCUT2D eigenvalue weighted by atomic mass is 32.2. The molecule has 1 aromatic heterocycles. The maximum atomic E-state index is 12.6. The minimum Gasteiger partial charge on any atom is -0.342 e. The highest BCUT2D eigenvalue weighted by Gasteiger charge is 2.23. The van der Waals surface area contributed by atoms with Crippen LogP contribution in [0.4, 0.5) is 0 Å². The molecule has 0 bridgehead atoms. The van der Waals surface area contributed by atoms with Gasteiger partial charge in [0.25, 0.3) is 0 Å². The van der Waals surface area contributed by atoms with E-state index in [1.54, 1.807) is 6.20 Å². The molecule has 0 radical (unpaired) electrons. The number of likely N-dealkylation sites (N-methyl/N-ethyl adjacent to an activating group) is 1. The molecule has 142 valence electrons. The van der Waals surface area contributed by atoms with Crippen LogP contribution in [0.1, 0.15) is 30.5 Å². The number of carbonyl (C=O) groups is 1. The van der Waals surface area contributed by atoms with Crippen LogP contribution in [0.2, 0.25) is 0 Å². The maximum Gasteiger partial charge on any atom is 0.235 e. The van der Waals surface area contributed by atoms with Gasteiger partial charge < -0.3 is 5.32 Å². The van der Waals surface area contributed by atoms with Gasteiger partial charge in [-0.2, -0.15) is 0 Å². The SMILES string of the molecule is CCN(CC(=O)NC(c1ccccc1)c1nccs1)C(C)CS(C)(=O)=O. The Bertz CT molecular complexity index is 792. The third-order valence-corrected chi connectivity index (χ3v) is 5.99. The summed E-state index contributed by atoms with van der Waals surface area (Å²) in [4.78, 5) is 18.8. The van der Waals surface area contributed by atoms with Gasteiger partial charge >= 0.3 is 0 Å². The largest absolute Gasteiger partial charge is 0.342 e. The van der Waals surface area contributed by atoms with Crippen molar-refractivity contribution in [2.75, 3.05) is 25.1 Å². The first-order valence-electron chi connectivity index (χ1n) is 8.45. The number of aromatic nitrogens is 1. The lowest BCUT2D eigenvalue weighted by Crippen LogP contribution is -2.45. The van der Waals surface area contributed by atoms with E-state index in [9.17, 15) is 13.2 Å². The maximum absolute atomic E-state index is 12.6. The Morgan fingerprint density at radius 3 is 2.54 bits per heavy atom. The molecule has 0 saturated heterocycles. The van der Waals surface area contributed by atoms with Crippen LogP contribution in [-0.2, 0) is 14.6 Å². The van der Waals surface area contributed by atoms with E-state index in [1.807, 2.05) is 54.5 Å². The van der Waals surface area contributed by atoms with Crippen molar-refractivity contribution in [1.82, 2.24) is 15.2 Å². The topological polar surface area (TPSA) is 79.4 Å². The number of hydrogen-bond donors (Lipinski definition) is 1. The second kappa shape index (κ2) is 9.25. The van der Waals surface area contributed by atoms with Crippen LogP contribution in [0.25, 0.3) is 0 Å². The van der Waals surface area contributed by atoms with Gasteiger partial charge in [-0.1, -0.05) is 37.3 Å². The number of hydrogen-bond acceptors (Lipinski definition) is 6. The number of amides is 1. The first kappa shape index (κ1) is 20.5. The predicted molar refractivity (Wildman–Crippen MR) is 105 cm³/mol. The Hall–Kier alpha value is -1.77. The molecule has 1 heterocycles. The lowest BCUT2D eigenvalue weighted by Gasteiger charge is -2.27. The molecule has 2 aromatic rings. The molecule has 2 atom stereocenters. The molecule has 1 aromatic carbocycles. The summed E-state index contributed by atoms with van der Waals surface area (Å²) in [6.45, 7) is 4.48. The minimum absolute atomic E-state index is 0.0305. The van der Waals surface area contributed by atoms with Gasteiger partial charge in [0.2, 0.25) is 5.91 Å². The molecule has 1 N–H and O–H groups in total. The number of sulfone groups is 1. The molecule has 0 spiro atoms. The molecule has 26 heavy (non-hydrogen) atoms. The van der Waals surface area contributed by atoms with Gasteiger partial charge in [0.1, 0.15) is 20.9 Å². The fourth-order valence-corrected chi connectivity index (χ4v) is 4.63. The average molecular weight is 396 g/mol. The smallest absolute Gasteiger partial charge is 0.235 e. The van der Waals surface area contributed by atoms with Crippen molar-refractivity contribution in [2.45, 2.75) is 25.9 Å². The number of nitrogens with one attached hydrogen (secondary N) is 1. The quantitative estimate of drug-likeness (QED) is 0.703. The van der Waals surface area contributed by atoms with Crippen LogP contribution < -0.4 is 5.32 Å². The molecule has 0 saturated carbocycles. The van der Waals surface area contributed by atoms with E-state index in [4.69, 9.17) is 0 Å². The summed E-state index contributed by atoms with van der Waals surface area (Å²) in [5.41, 5.74) is 0.961. The lowest BCUT2D eigenvalue weighted by molar-refractivity contribution is -0.123. The summed E-state index contributed by atoms with van der Waals surface area (Å²) in [7, 11) is -3.10. The van der Waals surface area contributed by atoms with Gasteiger partial charge in [-0.25, -0.2) is 13.4 Å². The predicted octanol–water partition coefficient (Wildman–Crippen LogP) is 2.10. The molecule has 0 aliphatic carbocycles. The lowest BCUT2D eigenvalue weighted by atomic mass is 10.1. The first-order valence-corrected chi connectivity index (χ1v) is 11.4. The molecular formula is C18H25N3O3S2. The zero-order valence-corrected chi connectivity index (χ0v) is 16.9. The van der Waals surface area contributed by atoms with Crippen molar-refractivity contribution >= 4 is 27.1 Å². The number of carbonyl (C=O) groups excluding carboxylic acids is 1. The van der Waals surface area contributed by atoms with Crippen LogP contribution >= 0.6 is 11.3 Å². The van der Waals surface area contributed by atoms with E-state index < -0.39 is 9.84 Å². The molecule has 6 nitrogen and oxygen atoms in total. The molecule has 8 heteroatoms. The second-order valence-corrected chi connectivity index (χ2v) is 9.40. The molecular weight excluding hydrogens is 370 g/mol. The molecule has 0 aliphatic heterocycles. The number of rotatable bonds is 9. The van der Waals surface area contributed by atoms with Gasteiger partial charge in [0, 0.05) is 23.9 Å². The molecule has 1 amide bonds. The Balaban J connectivity index is 2.09. The van der Waals surface area contributed by atoms with Gasteiger partial charge in [-0.3, -0.25) is 9.69 Å². The number of benzene rings is 1. The van der Waals surface area contributed by atoms with E-state index in [2.05, 4.69) is 10.3 Å². The third-order valence-electron chi connectivity index (χ3n) is 4.06. The normalized spacial score (nSPS) is 14.2. The summed E-state index contributed by atoms with van der Waals surface area (Å²) in [6.07, 6.45) is 2.93. The third kappa shape index (κ3) is 6.19. The van der Waals surface area contributed by atoms with Gasteiger partial charge in [0.15, 0.2) is 0 Å². The van der Waals surface area contributed by atoms with Crippen LogP contribution in [-0.4, -0.2) is 55.3 Å². The highest BCUT2D eigenvalue weighted by Crippen LogP contribution is 2.23. The van der Waals surface area contributed by atoms with Crippen molar-refractivity contribution in [1.29, 1.82) is 0 Å². The zero-order chi connectivity index (χ0) is 19.2. The fourth-order valence-electron chi connectivity index (χ4n) is 2.82. The second-order valence-electron chi connectivity index (χ2n) is 6.29. The minimum atomic E-state index is -3.10. The van der Waals surface area contributed by atoms with Gasteiger partial charge in [0.05, 0.1) is 12.3 Å². The Labute approximate surface area is 159 Å². The van der Waals surface area contributed by atoms with Crippen molar-refractivity contribution in [3.63, 3.8) is 0 Å². The van der Waals surface area contributed by atoms with Crippen LogP contribution in [0.3, 0.4) is 0 Å². The van der Waals surface area contributed by atoms with Crippen LogP contribution in [0, 0.1) is 0 Å². The van der Waals surface area contributed by atoms with E-state index in [0.29, 0.717) is 6.54 Å². The van der Waals surface area contributed by atoms with Crippen molar-refractivity contribution < 1.29 is 13.2 Å². The highest BCUT2D eigenvalue weighted by molar-refractivity contribution is 7.90. The van der Waals surface area contributed by atoms with E-state index in [0.717, 1.165) is 10.6 Å². The van der Waals surface area contributed by atoms with Crippen LogP contribution in [0.15, 0.2) is 41.9 Å². The zero-order valence-electron chi connectivity index (χ0n) is 15.3. The van der Waals surface area contributed by atoms with Crippen molar-refractivity contribution in [2.24, 2.45) is 0 Å². The van der Waals surface area contributed by atoms with Crippen LogP contribution in [0.5, 0.6) is 0 Å². The van der Waals surface area contributed by atoms with E-state index >= 15 is 0 Å². The summed E-state index contributed by atoms with van der Waals surface area (Å²) in [5, 5.41) is 5.73. The monoisotopic (exact) mass is 395 g/mol. The van der Waals surface area contributed by atoms with Gasteiger partial charge in [-0.05, 0) is 19.0 Å². The summed E-state index contributed by atoms with van der Waals surface area (Å²) >= 11 is 1.49.